The quantitative estimate of drug-likeness (QED) is 0.933. The van der Waals surface area contributed by atoms with Crippen molar-refractivity contribution in [2.24, 2.45) is 0 Å². The number of carbonyl (C=O) groups excluding carboxylic acids is 1. The molecule has 2 aromatic rings. The third-order valence-electron chi connectivity index (χ3n) is 2.76. The normalized spacial score (nSPS) is 10.3. The van der Waals surface area contributed by atoms with Gasteiger partial charge in [-0.05, 0) is 26.0 Å². The molecule has 0 spiro atoms. The Morgan fingerprint density at radius 1 is 1.37 bits per heavy atom. The molecule has 0 aliphatic carbocycles. The topological polar surface area (TPSA) is 45.2 Å². The molecule has 5 heteroatoms. The molecule has 1 heterocycles. The first-order valence-electron chi connectivity index (χ1n) is 6.18. The van der Waals surface area contributed by atoms with Crippen molar-refractivity contribution < 1.29 is 4.79 Å². The van der Waals surface area contributed by atoms with Gasteiger partial charge in [0.25, 0.3) is 5.91 Å². The number of aromatic nitrogens is 1. The van der Waals surface area contributed by atoms with Crippen LogP contribution in [-0.4, -0.2) is 24.5 Å². The van der Waals surface area contributed by atoms with E-state index in [0.29, 0.717) is 11.4 Å². The fourth-order valence-corrected chi connectivity index (χ4v) is 2.70. The van der Waals surface area contributed by atoms with Crippen LogP contribution in [0.15, 0.2) is 30.3 Å². The van der Waals surface area contributed by atoms with E-state index in [-0.39, 0.29) is 5.91 Å². The van der Waals surface area contributed by atoms with Gasteiger partial charge in [-0.15, -0.1) is 0 Å². The minimum atomic E-state index is -0.0507. The van der Waals surface area contributed by atoms with Crippen molar-refractivity contribution in [3.05, 3.63) is 40.9 Å². The number of thiazole rings is 1. The standard InChI is InChI=1S/C14H17N3OS/c1-4-15-13(18)12-10(2)16-14(19-12)17(3)11-8-6-5-7-9-11/h5-9H,4H2,1-3H3,(H,15,18). The second-order valence-corrected chi connectivity index (χ2v) is 5.14. The molecule has 0 saturated carbocycles. The smallest absolute Gasteiger partial charge is 0.263 e. The van der Waals surface area contributed by atoms with Gasteiger partial charge in [-0.25, -0.2) is 4.98 Å². The monoisotopic (exact) mass is 275 g/mol. The van der Waals surface area contributed by atoms with Gasteiger partial charge in [-0.1, -0.05) is 29.5 Å². The zero-order valence-electron chi connectivity index (χ0n) is 11.3. The first-order chi connectivity index (χ1) is 9.13. The van der Waals surface area contributed by atoms with Crippen molar-refractivity contribution in [3.8, 4) is 0 Å². The number of benzene rings is 1. The highest BCUT2D eigenvalue weighted by molar-refractivity contribution is 7.17. The fourth-order valence-electron chi connectivity index (χ4n) is 1.74. The van der Waals surface area contributed by atoms with Crippen molar-refractivity contribution in [1.29, 1.82) is 0 Å². The zero-order valence-corrected chi connectivity index (χ0v) is 12.1. The molecule has 100 valence electrons. The molecule has 19 heavy (non-hydrogen) atoms. The molecular weight excluding hydrogens is 258 g/mol. The minimum Gasteiger partial charge on any atom is -0.352 e. The van der Waals surface area contributed by atoms with Crippen LogP contribution >= 0.6 is 11.3 Å². The molecule has 0 saturated heterocycles. The Bertz CT molecular complexity index is 565. The highest BCUT2D eigenvalue weighted by Gasteiger charge is 2.17. The van der Waals surface area contributed by atoms with Crippen LogP contribution in [0.25, 0.3) is 0 Å². The van der Waals surface area contributed by atoms with Gasteiger partial charge in [0.1, 0.15) is 4.88 Å². The number of hydrogen-bond donors (Lipinski definition) is 1. The molecule has 1 aromatic carbocycles. The third-order valence-corrected chi connectivity index (χ3v) is 3.99. The summed E-state index contributed by atoms with van der Waals surface area (Å²) >= 11 is 1.41. The number of rotatable bonds is 4. The van der Waals surface area contributed by atoms with Gasteiger partial charge in [-0.2, -0.15) is 0 Å². The maximum Gasteiger partial charge on any atom is 0.263 e. The van der Waals surface area contributed by atoms with Crippen LogP contribution in [0.2, 0.25) is 0 Å². The largest absolute Gasteiger partial charge is 0.352 e. The first-order valence-corrected chi connectivity index (χ1v) is 6.99. The summed E-state index contributed by atoms with van der Waals surface area (Å²) in [4.78, 5) is 19.0. The summed E-state index contributed by atoms with van der Waals surface area (Å²) in [6, 6.07) is 9.98. The first kappa shape index (κ1) is 13.5. The summed E-state index contributed by atoms with van der Waals surface area (Å²) in [7, 11) is 1.95. The lowest BCUT2D eigenvalue weighted by molar-refractivity contribution is 0.0959. The Hall–Kier alpha value is -1.88. The highest BCUT2D eigenvalue weighted by Crippen LogP contribution is 2.30. The molecule has 0 aliphatic rings. The Morgan fingerprint density at radius 3 is 2.68 bits per heavy atom. The van der Waals surface area contributed by atoms with Gasteiger partial charge in [0.15, 0.2) is 5.13 Å². The number of aryl methyl sites for hydroxylation is 1. The predicted molar refractivity (Wildman–Crippen MR) is 79.4 cm³/mol. The molecule has 0 fully saturated rings. The van der Waals surface area contributed by atoms with E-state index in [9.17, 15) is 4.79 Å². The average Bonchev–Trinajstić information content (AvgIpc) is 2.81. The molecule has 0 aliphatic heterocycles. The van der Waals surface area contributed by atoms with Gasteiger partial charge < -0.3 is 10.2 Å². The predicted octanol–water partition coefficient (Wildman–Crippen LogP) is 2.97. The van der Waals surface area contributed by atoms with E-state index >= 15 is 0 Å². The lowest BCUT2D eigenvalue weighted by Crippen LogP contribution is -2.22. The lowest BCUT2D eigenvalue weighted by Gasteiger charge is -2.15. The van der Waals surface area contributed by atoms with Gasteiger partial charge in [-0.3, -0.25) is 4.79 Å². The summed E-state index contributed by atoms with van der Waals surface area (Å²) < 4.78 is 0. The van der Waals surface area contributed by atoms with Crippen molar-refractivity contribution in [3.63, 3.8) is 0 Å². The molecule has 2 rings (SSSR count). The minimum absolute atomic E-state index is 0.0507. The van der Waals surface area contributed by atoms with Crippen molar-refractivity contribution in [1.82, 2.24) is 10.3 Å². The van der Waals surface area contributed by atoms with Gasteiger partial charge in [0.05, 0.1) is 5.69 Å². The molecular formula is C14H17N3OS. The number of nitrogens with zero attached hydrogens (tertiary/aromatic N) is 2. The fraction of sp³-hybridized carbons (Fsp3) is 0.286. The number of amides is 1. The molecule has 0 radical (unpaired) electrons. The summed E-state index contributed by atoms with van der Waals surface area (Å²) in [5.74, 6) is -0.0507. The van der Waals surface area contributed by atoms with Crippen LogP contribution in [0, 0.1) is 6.92 Å². The summed E-state index contributed by atoms with van der Waals surface area (Å²) in [5, 5.41) is 3.63. The van der Waals surface area contributed by atoms with Crippen LogP contribution in [-0.2, 0) is 0 Å². The maximum absolute atomic E-state index is 11.9. The van der Waals surface area contributed by atoms with Crippen molar-refractivity contribution >= 4 is 28.1 Å². The van der Waals surface area contributed by atoms with Crippen LogP contribution in [0.3, 0.4) is 0 Å². The second kappa shape index (κ2) is 5.84. The molecule has 0 unspecified atom stereocenters. The summed E-state index contributed by atoms with van der Waals surface area (Å²) in [6.07, 6.45) is 0. The second-order valence-electron chi connectivity index (χ2n) is 4.16. The molecule has 1 aromatic heterocycles. The van der Waals surface area contributed by atoms with E-state index in [0.717, 1.165) is 16.5 Å². The van der Waals surface area contributed by atoms with E-state index in [4.69, 9.17) is 0 Å². The van der Waals surface area contributed by atoms with E-state index in [1.165, 1.54) is 11.3 Å². The Morgan fingerprint density at radius 2 is 2.05 bits per heavy atom. The number of carbonyl (C=O) groups is 1. The number of hydrogen-bond acceptors (Lipinski definition) is 4. The average molecular weight is 275 g/mol. The van der Waals surface area contributed by atoms with Gasteiger partial charge in [0.2, 0.25) is 0 Å². The van der Waals surface area contributed by atoms with Gasteiger partial charge in [0, 0.05) is 19.3 Å². The zero-order chi connectivity index (χ0) is 13.8. The molecule has 0 bridgehead atoms. The Kier molecular flexibility index (Phi) is 4.16. The summed E-state index contributed by atoms with van der Waals surface area (Å²) in [6.45, 7) is 4.40. The number of nitrogens with one attached hydrogen (secondary N) is 1. The molecule has 0 atom stereocenters. The Labute approximate surface area is 117 Å². The van der Waals surface area contributed by atoms with Crippen LogP contribution in [0.5, 0.6) is 0 Å². The Balaban J connectivity index is 2.27. The molecule has 1 amide bonds. The highest BCUT2D eigenvalue weighted by atomic mass is 32.1. The molecule has 1 N–H and O–H groups in total. The maximum atomic E-state index is 11.9. The van der Waals surface area contributed by atoms with Gasteiger partial charge >= 0.3 is 0 Å². The van der Waals surface area contributed by atoms with Crippen LogP contribution < -0.4 is 10.2 Å². The van der Waals surface area contributed by atoms with Crippen molar-refractivity contribution in [2.45, 2.75) is 13.8 Å². The van der Waals surface area contributed by atoms with Crippen LogP contribution in [0.4, 0.5) is 10.8 Å². The summed E-state index contributed by atoms with van der Waals surface area (Å²) in [5.41, 5.74) is 1.83. The van der Waals surface area contributed by atoms with E-state index in [2.05, 4.69) is 10.3 Å². The third kappa shape index (κ3) is 2.93. The van der Waals surface area contributed by atoms with Crippen LogP contribution in [0.1, 0.15) is 22.3 Å². The molecule has 4 nitrogen and oxygen atoms in total. The lowest BCUT2D eigenvalue weighted by atomic mass is 10.3. The SMILES string of the molecule is CCNC(=O)c1sc(N(C)c2ccccc2)nc1C. The van der Waals surface area contributed by atoms with E-state index < -0.39 is 0 Å². The number of para-hydroxylation sites is 1. The van der Waals surface area contributed by atoms with E-state index in [1.807, 2.05) is 56.1 Å². The van der Waals surface area contributed by atoms with E-state index in [1.54, 1.807) is 0 Å². The van der Waals surface area contributed by atoms with Crippen molar-refractivity contribution in [2.75, 3.05) is 18.5 Å². The number of anilines is 2.